The van der Waals surface area contributed by atoms with Gasteiger partial charge in [-0.3, -0.25) is 0 Å². The van der Waals surface area contributed by atoms with E-state index in [0.717, 1.165) is 7.11 Å². The molecule has 0 atom stereocenters. The summed E-state index contributed by atoms with van der Waals surface area (Å²) in [7, 11) is 1.10. The van der Waals surface area contributed by atoms with Gasteiger partial charge in [0.15, 0.2) is 0 Å². The molecule has 0 saturated heterocycles. The van der Waals surface area contributed by atoms with Crippen LogP contribution in [-0.2, 0) is 4.74 Å². The summed E-state index contributed by atoms with van der Waals surface area (Å²) in [6.07, 6.45) is -1.25. The van der Waals surface area contributed by atoms with Gasteiger partial charge >= 0.3 is 18.1 Å². The molecular weight excluding hydrogens is 244 g/mol. The van der Waals surface area contributed by atoms with E-state index in [0.29, 0.717) is 0 Å². The van der Waals surface area contributed by atoms with E-state index in [1.165, 1.54) is 25.1 Å². The second-order valence-corrected chi connectivity index (χ2v) is 3.06. The predicted molar refractivity (Wildman–Crippen MR) is 60.1 cm³/mol. The van der Waals surface area contributed by atoms with Gasteiger partial charge in [-0.1, -0.05) is 6.07 Å². The molecule has 0 heterocycles. The molecule has 0 aliphatic heterocycles. The lowest BCUT2D eigenvalue weighted by atomic mass is 10.0. The number of carboxylic acid groups (broad SMARTS) is 3. The highest BCUT2D eigenvalue weighted by atomic mass is 16.6. The molecule has 0 unspecified atom stereocenters. The van der Waals surface area contributed by atoms with Gasteiger partial charge in [-0.15, -0.1) is 0 Å². The number of ether oxygens (including phenoxy) is 1. The maximum absolute atomic E-state index is 10.6. The van der Waals surface area contributed by atoms with Crippen molar-refractivity contribution in [3.05, 3.63) is 34.9 Å². The van der Waals surface area contributed by atoms with Crippen molar-refractivity contribution in [2.45, 2.75) is 6.92 Å². The molecule has 0 saturated carbocycles. The van der Waals surface area contributed by atoms with E-state index in [9.17, 15) is 9.59 Å². The van der Waals surface area contributed by atoms with Gasteiger partial charge in [0.1, 0.15) is 0 Å². The van der Waals surface area contributed by atoms with Gasteiger partial charge in [0.2, 0.25) is 0 Å². The number of rotatable bonds is 2. The van der Waals surface area contributed by atoms with E-state index in [-0.39, 0.29) is 16.7 Å². The molecule has 0 aliphatic rings. The molecule has 1 aromatic rings. The monoisotopic (exact) mass is 256 g/mol. The van der Waals surface area contributed by atoms with E-state index in [1.807, 2.05) is 0 Å². The fraction of sp³-hybridized carbons (Fsp3) is 0.182. The fourth-order valence-corrected chi connectivity index (χ4v) is 1.10. The smallest absolute Gasteiger partial charge is 0.478 e. The Hall–Kier alpha value is -2.57. The van der Waals surface area contributed by atoms with E-state index in [2.05, 4.69) is 4.74 Å². The van der Waals surface area contributed by atoms with Crippen molar-refractivity contribution in [1.29, 1.82) is 0 Å². The lowest BCUT2D eigenvalue weighted by Gasteiger charge is -2.03. The SMILES string of the molecule is COC(=O)O.Cc1c(C(=O)O)cccc1C(=O)O. The second-order valence-electron chi connectivity index (χ2n) is 3.06. The predicted octanol–water partition coefficient (Wildman–Crippen LogP) is 1.70. The standard InChI is InChI=1S/C9H8O4.C2H4O3/c1-5-6(8(10)11)3-2-4-7(5)9(12)13;1-5-2(3)4/h2-4H,1H3,(H,10,11)(H,12,13);1H3,(H,3,4). The van der Waals surface area contributed by atoms with Gasteiger partial charge in [0.25, 0.3) is 0 Å². The van der Waals surface area contributed by atoms with Gasteiger partial charge in [0.05, 0.1) is 18.2 Å². The molecule has 0 radical (unpaired) electrons. The van der Waals surface area contributed by atoms with Crippen molar-refractivity contribution in [3.8, 4) is 0 Å². The van der Waals surface area contributed by atoms with Crippen molar-refractivity contribution in [2.24, 2.45) is 0 Å². The van der Waals surface area contributed by atoms with Crippen LogP contribution in [0.1, 0.15) is 26.3 Å². The van der Waals surface area contributed by atoms with E-state index in [4.69, 9.17) is 20.1 Å². The molecule has 0 spiro atoms. The zero-order valence-corrected chi connectivity index (χ0v) is 9.71. The van der Waals surface area contributed by atoms with Crippen molar-refractivity contribution in [3.63, 3.8) is 0 Å². The van der Waals surface area contributed by atoms with Gasteiger partial charge in [-0.25, -0.2) is 14.4 Å². The summed E-state index contributed by atoms with van der Waals surface area (Å²) < 4.78 is 3.67. The third-order valence-corrected chi connectivity index (χ3v) is 1.97. The zero-order chi connectivity index (χ0) is 14.3. The van der Waals surface area contributed by atoms with Crippen LogP contribution in [0.2, 0.25) is 0 Å². The zero-order valence-electron chi connectivity index (χ0n) is 9.71. The van der Waals surface area contributed by atoms with E-state index >= 15 is 0 Å². The number of carbonyl (C=O) groups is 3. The van der Waals surface area contributed by atoms with Crippen LogP contribution < -0.4 is 0 Å². The maximum Gasteiger partial charge on any atom is 0.505 e. The third kappa shape index (κ3) is 4.52. The summed E-state index contributed by atoms with van der Waals surface area (Å²) in [5.41, 5.74) is 0.335. The number of benzene rings is 1. The maximum atomic E-state index is 10.6. The first-order valence-corrected chi connectivity index (χ1v) is 4.64. The first-order valence-electron chi connectivity index (χ1n) is 4.64. The van der Waals surface area contributed by atoms with E-state index < -0.39 is 18.1 Å². The molecule has 0 bridgehead atoms. The van der Waals surface area contributed by atoms with Crippen LogP contribution >= 0.6 is 0 Å². The molecule has 3 N–H and O–H groups in total. The first kappa shape index (κ1) is 15.4. The summed E-state index contributed by atoms with van der Waals surface area (Å²) in [5, 5.41) is 24.9. The number of hydrogen-bond acceptors (Lipinski definition) is 4. The Morgan fingerprint density at radius 1 is 1.00 bits per heavy atom. The van der Waals surface area contributed by atoms with Crippen LogP contribution in [-0.4, -0.2) is 40.5 Å². The molecule has 7 nitrogen and oxygen atoms in total. The topological polar surface area (TPSA) is 121 Å². The lowest BCUT2D eigenvalue weighted by Crippen LogP contribution is -2.06. The summed E-state index contributed by atoms with van der Waals surface area (Å²) in [5.74, 6) is -2.22. The van der Waals surface area contributed by atoms with Gasteiger partial charge < -0.3 is 20.1 Å². The Morgan fingerprint density at radius 2 is 1.33 bits per heavy atom. The van der Waals surface area contributed by atoms with Crippen LogP contribution in [0.5, 0.6) is 0 Å². The number of methoxy groups -OCH3 is 1. The number of carboxylic acids is 2. The minimum Gasteiger partial charge on any atom is -0.478 e. The molecule has 1 rings (SSSR count). The highest BCUT2D eigenvalue weighted by Crippen LogP contribution is 2.13. The van der Waals surface area contributed by atoms with Crippen LogP contribution in [0.4, 0.5) is 4.79 Å². The molecule has 0 fully saturated rings. The minimum absolute atomic E-state index is 0.0277. The van der Waals surface area contributed by atoms with Gasteiger partial charge in [-0.2, -0.15) is 0 Å². The lowest BCUT2D eigenvalue weighted by molar-refractivity contribution is 0.0696. The number of aromatic carboxylic acids is 2. The molecule has 0 amide bonds. The van der Waals surface area contributed by atoms with Gasteiger partial charge in [0, 0.05) is 0 Å². The van der Waals surface area contributed by atoms with Crippen molar-refractivity contribution >= 4 is 18.1 Å². The Bertz CT molecular complexity index is 432. The summed E-state index contributed by atoms with van der Waals surface area (Å²) in [4.78, 5) is 30.4. The molecule has 98 valence electrons. The third-order valence-electron chi connectivity index (χ3n) is 1.97. The molecular formula is C11H12O7. The van der Waals surface area contributed by atoms with Crippen LogP contribution in [0.25, 0.3) is 0 Å². The molecule has 7 heteroatoms. The Balaban J connectivity index is 0.000000494. The average Bonchev–Trinajstić information content (AvgIpc) is 2.29. The van der Waals surface area contributed by atoms with E-state index in [1.54, 1.807) is 0 Å². The molecule has 0 aliphatic carbocycles. The minimum atomic E-state index is -1.25. The Labute approximate surface area is 102 Å². The summed E-state index contributed by atoms with van der Waals surface area (Å²) in [6.45, 7) is 1.48. The highest BCUT2D eigenvalue weighted by molar-refractivity contribution is 5.96. The average molecular weight is 256 g/mol. The fourth-order valence-electron chi connectivity index (χ4n) is 1.10. The van der Waals surface area contributed by atoms with Crippen LogP contribution in [0.15, 0.2) is 18.2 Å². The van der Waals surface area contributed by atoms with Crippen molar-refractivity contribution in [2.75, 3.05) is 7.11 Å². The molecule has 0 aromatic heterocycles. The normalized spacial score (nSPS) is 8.78. The summed E-state index contributed by atoms with van der Waals surface area (Å²) >= 11 is 0. The van der Waals surface area contributed by atoms with Crippen LogP contribution in [0, 0.1) is 6.92 Å². The quantitative estimate of drug-likeness (QED) is 0.688. The molecule has 1 aromatic carbocycles. The van der Waals surface area contributed by atoms with Crippen LogP contribution in [0.3, 0.4) is 0 Å². The first-order chi connectivity index (χ1) is 8.31. The number of hydrogen-bond donors (Lipinski definition) is 3. The largest absolute Gasteiger partial charge is 0.505 e. The van der Waals surface area contributed by atoms with Gasteiger partial charge in [-0.05, 0) is 24.6 Å². The van der Waals surface area contributed by atoms with Crippen molar-refractivity contribution < 1.29 is 34.4 Å². The summed E-state index contributed by atoms with van der Waals surface area (Å²) in [6, 6.07) is 4.17. The Kier molecular flexibility index (Phi) is 5.91. The Morgan fingerprint density at radius 3 is 1.56 bits per heavy atom. The highest BCUT2D eigenvalue weighted by Gasteiger charge is 2.13. The second kappa shape index (κ2) is 6.89. The van der Waals surface area contributed by atoms with Crippen molar-refractivity contribution in [1.82, 2.24) is 0 Å². The molecule has 18 heavy (non-hydrogen) atoms.